The standard InChI is InChI=1S/C21H22O4/c1-3-14-25-21(24)19(20(22)23)18(17-12-8-5-9-13-17)15(2)16-10-6-4-7-11-16/h3-13,15,18-19H,1,14H2,2H3,(H,22,23). The molecule has 2 aromatic rings. The number of carboxylic acid groups (broad SMARTS) is 1. The second kappa shape index (κ2) is 8.83. The molecule has 130 valence electrons. The predicted molar refractivity (Wildman–Crippen MR) is 96.3 cm³/mol. The molecule has 0 radical (unpaired) electrons. The van der Waals surface area contributed by atoms with Crippen LogP contribution in [0.15, 0.2) is 73.3 Å². The Kier molecular flexibility index (Phi) is 6.52. The normalized spacial score (nSPS) is 14.1. The molecule has 0 aliphatic carbocycles. The summed E-state index contributed by atoms with van der Waals surface area (Å²) < 4.78 is 5.07. The zero-order chi connectivity index (χ0) is 18.2. The first-order valence-corrected chi connectivity index (χ1v) is 8.16. The van der Waals surface area contributed by atoms with Gasteiger partial charge in [0.15, 0.2) is 5.92 Å². The monoisotopic (exact) mass is 338 g/mol. The van der Waals surface area contributed by atoms with Crippen LogP contribution in [0.1, 0.15) is 29.9 Å². The summed E-state index contributed by atoms with van der Waals surface area (Å²) in [5.41, 5.74) is 1.76. The maximum absolute atomic E-state index is 12.4. The third kappa shape index (κ3) is 4.57. The summed E-state index contributed by atoms with van der Waals surface area (Å²) in [5.74, 6) is -3.95. The van der Waals surface area contributed by atoms with Gasteiger partial charge in [0.1, 0.15) is 6.61 Å². The molecular formula is C21H22O4. The number of benzene rings is 2. The summed E-state index contributed by atoms with van der Waals surface area (Å²) in [5, 5.41) is 9.74. The van der Waals surface area contributed by atoms with Crippen LogP contribution in [0, 0.1) is 5.92 Å². The summed E-state index contributed by atoms with van der Waals surface area (Å²) >= 11 is 0. The Labute approximate surface area is 147 Å². The van der Waals surface area contributed by atoms with Crippen LogP contribution in [0.25, 0.3) is 0 Å². The Bertz CT molecular complexity index is 709. The van der Waals surface area contributed by atoms with Crippen LogP contribution in [0.5, 0.6) is 0 Å². The van der Waals surface area contributed by atoms with Gasteiger partial charge in [0.2, 0.25) is 0 Å². The van der Waals surface area contributed by atoms with E-state index >= 15 is 0 Å². The molecule has 0 fully saturated rings. The summed E-state index contributed by atoms with van der Waals surface area (Å²) in [4.78, 5) is 24.4. The van der Waals surface area contributed by atoms with Crippen LogP contribution in [0.3, 0.4) is 0 Å². The molecule has 0 aliphatic heterocycles. The van der Waals surface area contributed by atoms with Crippen LogP contribution in [-0.4, -0.2) is 23.7 Å². The minimum Gasteiger partial charge on any atom is -0.481 e. The minimum atomic E-state index is -1.29. The van der Waals surface area contributed by atoms with E-state index in [0.29, 0.717) is 0 Å². The fourth-order valence-electron chi connectivity index (χ4n) is 3.04. The molecule has 0 heterocycles. The van der Waals surface area contributed by atoms with E-state index in [0.717, 1.165) is 11.1 Å². The van der Waals surface area contributed by atoms with Crippen LogP contribution in [0.4, 0.5) is 0 Å². The van der Waals surface area contributed by atoms with Crippen molar-refractivity contribution in [2.45, 2.75) is 18.8 Å². The fourth-order valence-corrected chi connectivity index (χ4v) is 3.04. The largest absolute Gasteiger partial charge is 0.481 e. The van der Waals surface area contributed by atoms with E-state index in [-0.39, 0.29) is 12.5 Å². The highest BCUT2D eigenvalue weighted by molar-refractivity contribution is 5.95. The molecule has 0 aromatic heterocycles. The Balaban J connectivity index is 2.47. The van der Waals surface area contributed by atoms with Gasteiger partial charge in [-0.1, -0.05) is 80.2 Å². The van der Waals surface area contributed by atoms with Gasteiger partial charge in [0.25, 0.3) is 0 Å². The van der Waals surface area contributed by atoms with Crippen molar-refractivity contribution in [3.8, 4) is 0 Å². The number of carbonyl (C=O) groups excluding carboxylic acids is 1. The summed E-state index contributed by atoms with van der Waals surface area (Å²) in [6.07, 6.45) is 1.43. The van der Waals surface area contributed by atoms with Crippen molar-refractivity contribution in [1.82, 2.24) is 0 Å². The van der Waals surface area contributed by atoms with E-state index < -0.39 is 23.8 Å². The number of hydrogen-bond acceptors (Lipinski definition) is 3. The van der Waals surface area contributed by atoms with Gasteiger partial charge in [0.05, 0.1) is 0 Å². The lowest BCUT2D eigenvalue weighted by atomic mass is 9.74. The van der Waals surface area contributed by atoms with Crippen LogP contribution < -0.4 is 0 Å². The Morgan fingerprint density at radius 2 is 1.56 bits per heavy atom. The molecule has 2 rings (SSSR count). The average molecular weight is 338 g/mol. The molecule has 0 aliphatic rings. The van der Waals surface area contributed by atoms with Gasteiger partial charge in [-0.15, -0.1) is 0 Å². The zero-order valence-corrected chi connectivity index (χ0v) is 14.2. The van der Waals surface area contributed by atoms with Crippen molar-refractivity contribution in [2.75, 3.05) is 6.61 Å². The molecule has 3 atom stereocenters. The van der Waals surface area contributed by atoms with E-state index in [9.17, 15) is 14.7 Å². The molecule has 2 aromatic carbocycles. The third-order valence-corrected chi connectivity index (χ3v) is 4.27. The highest BCUT2D eigenvalue weighted by Crippen LogP contribution is 2.39. The van der Waals surface area contributed by atoms with Crippen molar-refractivity contribution in [2.24, 2.45) is 5.92 Å². The highest BCUT2D eigenvalue weighted by Gasteiger charge is 2.40. The third-order valence-electron chi connectivity index (χ3n) is 4.27. The number of aliphatic carboxylic acids is 1. The topological polar surface area (TPSA) is 63.6 Å². The lowest BCUT2D eigenvalue weighted by Crippen LogP contribution is -2.34. The molecule has 25 heavy (non-hydrogen) atoms. The summed E-state index contributed by atoms with van der Waals surface area (Å²) in [6, 6.07) is 18.8. The quantitative estimate of drug-likeness (QED) is 0.449. The van der Waals surface area contributed by atoms with Crippen LogP contribution >= 0.6 is 0 Å². The molecule has 0 spiro atoms. The molecule has 0 saturated heterocycles. The molecule has 4 nitrogen and oxygen atoms in total. The number of ether oxygens (including phenoxy) is 1. The number of carbonyl (C=O) groups is 2. The van der Waals surface area contributed by atoms with Gasteiger partial charge in [-0.2, -0.15) is 0 Å². The van der Waals surface area contributed by atoms with Crippen molar-refractivity contribution in [3.05, 3.63) is 84.4 Å². The predicted octanol–water partition coefficient (Wildman–Crippen LogP) is 4.00. The van der Waals surface area contributed by atoms with E-state index in [4.69, 9.17) is 4.74 Å². The van der Waals surface area contributed by atoms with Crippen molar-refractivity contribution >= 4 is 11.9 Å². The van der Waals surface area contributed by atoms with Gasteiger partial charge >= 0.3 is 11.9 Å². The molecule has 0 saturated carbocycles. The lowest BCUT2D eigenvalue weighted by Gasteiger charge is -2.29. The molecule has 4 heteroatoms. The number of esters is 1. The van der Waals surface area contributed by atoms with E-state index in [1.807, 2.05) is 67.6 Å². The van der Waals surface area contributed by atoms with Gasteiger partial charge in [0, 0.05) is 5.92 Å². The summed E-state index contributed by atoms with van der Waals surface area (Å²) in [6.45, 7) is 5.42. The van der Waals surface area contributed by atoms with E-state index in [1.54, 1.807) is 0 Å². The van der Waals surface area contributed by atoms with Crippen molar-refractivity contribution in [3.63, 3.8) is 0 Å². The Hall–Kier alpha value is -2.88. The second-order valence-corrected chi connectivity index (χ2v) is 5.87. The molecule has 0 amide bonds. The fraction of sp³-hybridized carbons (Fsp3) is 0.238. The lowest BCUT2D eigenvalue weighted by molar-refractivity contribution is -0.159. The zero-order valence-electron chi connectivity index (χ0n) is 14.2. The maximum atomic E-state index is 12.4. The number of rotatable bonds is 8. The minimum absolute atomic E-state index is 0.0101. The Morgan fingerprint density at radius 1 is 1.04 bits per heavy atom. The first-order chi connectivity index (χ1) is 12.1. The van der Waals surface area contributed by atoms with E-state index in [2.05, 4.69) is 6.58 Å². The number of carboxylic acids is 1. The van der Waals surface area contributed by atoms with Gasteiger partial charge < -0.3 is 9.84 Å². The SMILES string of the molecule is C=CCOC(=O)C(C(=O)O)C(c1ccccc1)C(C)c1ccccc1. The molecular weight excluding hydrogens is 316 g/mol. The summed E-state index contributed by atoms with van der Waals surface area (Å²) in [7, 11) is 0. The smallest absolute Gasteiger partial charge is 0.321 e. The van der Waals surface area contributed by atoms with Gasteiger partial charge in [-0.05, 0) is 17.0 Å². The van der Waals surface area contributed by atoms with Crippen molar-refractivity contribution < 1.29 is 19.4 Å². The molecule has 1 N–H and O–H groups in total. The van der Waals surface area contributed by atoms with Crippen LogP contribution in [-0.2, 0) is 14.3 Å². The van der Waals surface area contributed by atoms with Gasteiger partial charge in [-0.3, -0.25) is 9.59 Å². The van der Waals surface area contributed by atoms with E-state index in [1.165, 1.54) is 6.08 Å². The van der Waals surface area contributed by atoms with Crippen LogP contribution in [0.2, 0.25) is 0 Å². The van der Waals surface area contributed by atoms with Crippen molar-refractivity contribution in [1.29, 1.82) is 0 Å². The Morgan fingerprint density at radius 3 is 2.04 bits per heavy atom. The highest BCUT2D eigenvalue weighted by atomic mass is 16.5. The maximum Gasteiger partial charge on any atom is 0.321 e. The average Bonchev–Trinajstić information content (AvgIpc) is 2.64. The first kappa shape index (κ1) is 18.5. The number of hydrogen-bond donors (Lipinski definition) is 1. The first-order valence-electron chi connectivity index (χ1n) is 8.16. The van der Waals surface area contributed by atoms with Gasteiger partial charge in [-0.25, -0.2) is 0 Å². The second-order valence-electron chi connectivity index (χ2n) is 5.87. The molecule has 0 bridgehead atoms. The molecule has 3 unspecified atom stereocenters.